The second kappa shape index (κ2) is 7.08. The van der Waals surface area contributed by atoms with Gasteiger partial charge in [-0.05, 0) is 37.6 Å². The lowest BCUT2D eigenvalue weighted by atomic mass is 10.1. The van der Waals surface area contributed by atoms with E-state index in [0.29, 0.717) is 24.0 Å². The Balaban J connectivity index is 1.72. The molecule has 122 valence electrons. The molecule has 4 nitrogen and oxygen atoms in total. The molecule has 0 aliphatic carbocycles. The van der Waals surface area contributed by atoms with E-state index >= 15 is 0 Å². The zero-order chi connectivity index (χ0) is 16.9. The monoisotopic (exact) mass is 322 g/mol. The van der Waals surface area contributed by atoms with Gasteiger partial charge in [0.15, 0.2) is 0 Å². The predicted molar refractivity (Wildman–Crippen MR) is 95.0 cm³/mol. The molecule has 24 heavy (non-hydrogen) atoms. The highest BCUT2D eigenvalue weighted by molar-refractivity contribution is 5.57. The summed E-state index contributed by atoms with van der Waals surface area (Å²) < 4.78 is 13.3. The van der Waals surface area contributed by atoms with Crippen LogP contribution in [-0.4, -0.2) is 9.97 Å². The first-order valence-corrected chi connectivity index (χ1v) is 7.76. The Hall–Kier alpha value is -2.95. The Morgan fingerprint density at radius 3 is 2.50 bits per heavy atom. The van der Waals surface area contributed by atoms with Crippen LogP contribution in [-0.2, 0) is 6.54 Å². The van der Waals surface area contributed by atoms with Crippen LogP contribution in [0.2, 0.25) is 0 Å². The second-order valence-corrected chi connectivity index (χ2v) is 5.69. The highest BCUT2D eigenvalue weighted by Gasteiger charge is 2.04. The summed E-state index contributed by atoms with van der Waals surface area (Å²) in [6.45, 7) is 4.60. The molecule has 5 heteroatoms. The van der Waals surface area contributed by atoms with Crippen molar-refractivity contribution in [3.63, 3.8) is 0 Å². The van der Waals surface area contributed by atoms with Crippen LogP contribution >= 0.6 is 0 Å². The lowest BCUT2D eigenvalue weighted by Crippen LogP contribution is -2.06. The first-order valence-electron chi connectivity index (χ1n) is 7.76. The van der Waals surface area contributed by atoms with Gasteiger partial charge in [0.2, 0.25) is 5.95 Å². The van der Waals surface area contributed by atoms with Crippen molar-refractivity contribution in [3.8, 4) is 0 Å². The fraction of sp³-hybridized carbons (Fsp3) is 0.158. The molecular formula is C19H19FN4. The van der Waals surface area contributed by atoms with Crippen LogP contribution in [0.3, 0.4) is 0 Å². The number of rotatable bonds is 5. The summed E-state index contributed by atoms with van der Waals surface area (Å²) in [6.07, 6.45) is 0. The van der Waals surface area contributed by atoms with Gasteiger partial charge in [0.05, 0.1) is 0 Å². The molecule has 0 aliphatic rings. The minimum atomic E-state index is -0.288. The number of aromatic nitrogens is 2. The third kappa shape index (κ3) is 4.29. The maximum absolute atomic E-state index is 13.3. The largest absolute Gasteiger partial charge is 0.350 e. The van der Waals surface area contributed by atoms with Crippen LogP contribution in [0.4, 0.5) is 21.8 Å². The maximum atomic E-state index is 13.3. The summed E-state index contributed by atoms with van der Waals surface area (Å²) in [7, 11) is 0. The van der Waals surface area contributed by atoms with Crippen molar-refractivity contribution in [1.29, 1.82) is 0 Å². The fourth-order valence-corrected chi connectivity index (χ4v) is 2.31. The quantitative estimate of drug-likeness (QED) is 0.721. The van der Waals surface area contributed by atoms with Gasteiger partial charge in [-0.3, -0.25) is 0 Å². The Morgan fingerprint density at radius 1 is 0.958 bits per heavy atom. The molecule has 0 fully saturated rings. The van der Waals surface area contributed by atoms with E-state index in [9.17, 15) is 4.39 Å². The molecule has 0 atom stereocenters. The number of aryl methyl sites for hydroxylation is 2. The topological polar surface area (TPSA) is 49.8 Å². The molecule has 1 aromatic heterocycles. The van der Waals surface area contributed by atoms with Gasteiger partial charge < -0.3 is 10.6 Å². The van der Waals surface area contributed by atoms with Crippen LogP contribution in [0, 0.1) is 19.7 Å². The van der Waals surface area contributed by atoms with Crippen molar-refractivity contribution in [2.45, 2.75) is 20.4 Å². The zero-order valence-corrected chi connectivity index (χ0v) is 13.7. The third-order valence-electron chi connectivity index (χ3n) is 3.52. The van der Waals surface area contributed by atoms with Crippen LogP contribution in [0.5, 0.6) is 0 Å². The second-order valence-electron chi connectivity index (χ2n) is 5.69. The molecule has 0 bridgehead atoms. The summed E-state index contributed by atoms with van der Waals surface area (Å²) in [5.74, 6) is 0.873. The third-order valence-corrected chi connectivity index (χ3v) is 3.52. The van der Waals surface area contributed by atoms with E-state index in [-0.39, 0.29) is 5.82 Å². The lowest BCUT2D eigenvalue weighted by Gasteiger charge is -2.10. The Kier molecular flexibility index (Phi) is 4.70. The van der Waals surface area contributed by atoms with Gasteiger partial charge in [0.1, 0.15) is 11.6 Å². The Morgan fingerprint density at radius 2 is 1.75 bits per heavy atom. The molecule has 3 rings (SSSR count). The Bertz CT molecular complexity index is 831. The summed E-state index contributed by atoms with van der Waals surface area (Å²) in [4.78, 5) is 8.82. The molecule has 2 aromatic carbocycles. The van der Waals surface area contributed by atoms with Crippen molar-refractivity contribution in [1.82, 2.24) is 9.97 Å². The first-order chi connectivity index (χ1) is 11.6. The SMILES string of the molecule is Cc1ccc(CNc2nc(C)cc(Nc3cccc(F)c3)n2)cc1. The number of halogens is 1. The molecule has 3 aromatic rings. The molecule has 0 aliphatic heterocycles. The number of hydrogen-bond donors (Lipinski definition) is 2. The first kappa shape index (κ1) is 15.9. The van der Waals surface area contributed by atoms with Crippen LogP contribution in [0.1, 0.15) is 16.8 Å². The van der Waals surface area contributed by atoms with Crippen molar-refractivity contribution in [2.75, 3.05) is 10.6 Å². The molecule has 1 heterocycles. The highest BCUT2D eigenvalue weighted by atomic mass is 19.1. The highest BCUT2D eigenvalue weighted by Crippen LogP contribution is 2.18. The van der Waals surface area contributed by atoms with Gasteiger partial charge in [-0.2, -0.15) is 4.98 Å². The van der Waals surface area contributed by atoms with Gasteiger partial charge in [-0.25, -0.2) is 9.37 Å². The van der Waals surface area contributed by atoms with Crippen molar-refractivity contribution < 1.29 is 4.39 Å². The van der Waals surface area contributed by atoms with E-state index in [1.807, 2.05) is 13.0 Å². The average Bonchev–Trinajstić information content (AvgIpc) is 2.54. The zero-order valence-electron chi connectivity index (χ0n) is 13.7. The molecule has 0 saturated carbocycles. The maximum Gasteiger partial charge on any atom is 0.225 e. The van der Waals surface area contributed by atoms with Crippen molar-refractivity contribution in [3.05, 3.63) is 77.2 Å². The van der Waals surface area contributed by atoms with Crippen molar-refractivity contribution in [2.24, 2.45) is 0 Å². The Labute approximate surface area is 140 Å². The van der Waals surface area contributed by atoms with Gasteiger partial charge >= 0.3 is 0 Å². The van der Waals surface area contributed by atoms with E-state index in [1.54, 1.807) is 12.1 Å². The number of nitrogens with zero attached hydrogens (tertiary/aromatic N) is 2. The number of hydrogen-bond acceptors (Lipinski definition) is 4. The lowest BCUT2D eigenvalue weighted by molar-refractivity contribution is 0.628. The smallest absolute Gasteiger partial charge is 0.225 e. The summed E-state index contributed by atoms with van der Waals surface area (Å²) in [5, 5.41) is 6.32. The normalized spacial score (nSPS) is 10.5. The van der Waals surface area contributed by atoms with Crippen LogP contribution < -0.4 is 10.6 Å². The fourth-order valence-electron chi connectivity index (χ4n) is 2.31. The average molecular weight is 322 g/mol. The number of benzene rings is 2. The van der Waals surface area contributed by atoms with E-state index in [1.165, 1.54) is 17.7 Å². The minimum absolute atomic E-state index is 0.288. The van der Waals surface area contributed by atoms with Crippen molar-refractivity contribution >= 4 is 17.5 Å². The van der Waals surface area contributed by atoms with Gasteiger partial charge in [0, 0.05) is 24.0 Å². The molecule has 0 radical (unpaired) electrons. The number of anilines is 3. The predicted octanol–water partition coefficient (Wildman–Crippen LogP) is 4.59. The van der Waals surface area contributed by atoms with Crippen LogP contribution in [0.15, 0.2) is 54.6 Å². The molecule has 0 amide bonds. The molecule has 2 N–H and O–H groups in total. The van der Waals surface area contributed by atoms with Gasteiger partial charge in [-0.15, -0.1) is 0 Å². The van der Waals surface area contributed by atoms with E-state index in [4.69, 9.17) is 0 Å². The molecular weight excluding hydrogens is 303 g/mol. The number of nitrogens with one attached hydrogen (secondary N) is 2. The van der Waals surface area contributed by atoms with E-state index in [2.05, 4.69) is 51.8 Å². The van der Waals surface area contributed by atoms with Crippen LogP contribution in [0.25, 0.3) is 0 Å². The summed E-state index contributed by atoms with van der Waals surface area (Å²) in [5.41, 5.74) is 3.87. The minimum Gasteiger partial charge on any atom is -0.350 e. The molecule has 0 spiro atoms. The standard InChI is InChI=1S/C19H19FN4/c1-13-6-8-15(9-7-13)12-21-19-22-14(2)10-18(24-19)23-17-5-3-4-16(20)11-17/h3-11H,12H2,1-2H3,(H2,21,22,23,24). The summed E-state index contributed by atoms with van der Waals surface area (Å²) >= 11 is 0. The van der Waals surface area contributed by atoms with E-state index in [0.717, 1.165) is 11.3 Å². The van der Waals surface area contributed by atoms with Gasteiger partial charge in [0.25, 0.3) is 0 Å². The van der Waals surface area contributed by atoms with E-state index < -0.39 is 0 Å². The molecule has 0 unspecified atom stereocenters. The van der Waals surface area contributed by atoms with Gasteiger partial charge in [-0.1, -0.05) is 35.9 Å². The molecule has 0 saturated heterocycles. The summed E-state index contributed by atoms with van der Waals surface area (Å²) in [6, 6.07) is 16.4.